The number of carbonyl (C=O) groups is 1. The molecule has 6 nitrogen and oxygen atoms in total. The molecule has 0 saturated heterocycles. The first-order chi connectivity index (χ1) is 14.3. The third kappa shape index (κ3) is 3.32. The number of anilines is 1. The SMILES string of the molecule is O=C1C(O)=C(S(=O)(=O)c2ccccc2)[C@H](c2ccc(O)cc2)N1c1ccc(Cl)cc1. The quantitative estimate of drug-likeness (QED) is 0.626. The molecule has 4 rings (SSSR count). The van der Waals surface area contributed by atoms with E-state index in [1.165, 1.54) is 41.3 Å². The van der Waals surface area contributed by atoms with E-state index in [0.29, 0.717) is 16.3 Å². The van der Waals surface area contributed by atoms with Crippen LogP contribution < -0.4 is 4.90 Å². The molecule has 152 valence electrons. The van der Waals surface area contributed by atoms with Crippen molar-refractivity contribution in [1.29, 1.82) is 0 Å². The number of amides is 1. The summed E-state index contributed by atoms with van der Waals surface area (Å²) in [7, 11) is -4.20. The number of aliphatic hydroxyl groups excluding tert-OH is 1. The van der Waals surface area contributed by atoms with E-state index in [4.69, 9.17) is 11.6 Å². The van der Waals surface area contributed by atoms with Gasteiger partial charge < -0.3 is 10.2 Å². The van der Waals surface area contributed by atoms with Crippen molar-refractivity contribution in [3.63, 3.8) is 0 Å². The number of rotatable bonds is 4. The van der Waals surface area contributed by atoms with E-state index in [1.807, 2.05) is 0 Å². The van der Waals surface area contributed by atoms with Crippen molar-refractivity contribution >= 4 is 33.0 Å². The number of aliphatic hydroxyl groups is 1. The van der Waals surface area contributed by atoms with Gasteiger partial charge in [-0.25, -0.2) is 8.42 Å². The molecule has 30 heavy (non-hydrogen) atoms. The van der Waals surface area contributed by atoms with Gasteiger partial charge in [-0.3, -0.25) is 9.69 Å². The molecule has 1 aliphatic heterocycles. The molecule has 3 aromatic carbocycles. The van der Waals surface area contributed by atoms with E-state index in [0.717, 1.165) is 0 Å². The molecule has 1 amide bonds. The van der Waals surface area contributed by atoms with E-state index in [9.17, 15) is 23.4 Å². The van der Waals surface area contributed by atoms with Gasteiger partial charge in [0.15, 0.2) is 5.76 Å². The fraction of sp³-hybridized carbons (Fsp3) is 0.0455. The molecule has 3 aromatic rings. The van der Waals surface area contributed by atoms with Gasteiger partial charge in [0.1, 0.15) is 16.7 Å². The Morgan fingerprint density at radius 3 is 2.03 bits per heavy atom. The summed E-state index contributed by atoms with van der Waals surface area (Å²) in [6.07, 6.45) is 0. The number of halogens is 1. The van der Waals surface area contributed by atoms with Crippen molar-refractivity contribution in [3.8, 4) is 5.75 Å². The highest BCUT2D eigenvalue weighted by Crippen LogP contribution is 2.45. The molecule has 0 radical (unpaired) electrons. The molecule has 0 spiro atoms. The van der Waals surface area contributed by atoms with E-state index in [2.05, 4.69) is 0 Å². The van der Waals surface area contributed by atoms with Crippen LogP contribution in [0, 0.1) is 0 Å². The Kier molecular flexibility index (Phi) is 5.01. The molecule has 0 saturated carbocycles. The van der Waals surface area contributed by atoms with Gasteiger partial charge in [-0.15, -0.1) is 0 Å². The molecule has 0 fully saturated rings. The summed E-state index contributed by atoms with van der Waals surface area (Å²) in [5, 5.41) is 20.8. The number of phenolic OH excluding ortho intramolecular Hbond substituents is 1. The van der Waals surface area contributed by atoms with Crippen LogP contribution in [-0.2, 0) is 14.6 Å². The van der Waals surface area contributed by atoms with Crippen molar-refractivity contribution in [2.24, 2.45) is 0 Å². The summed E-state index contributed by atoms with van der Waals surface area (Å²) >= 11 is 5.95. The Hall–Kier alpha value is -3.29. The first kappa shape index (κ1) is 20.0. The third-order valence-corrected chi connectivity index (χ3v) is 6.96. The lowest BCUT2D eigenvalue weighted by Crippen LogP contribution is -2.31. The average molecular weight is 442 g/mol. The summed E-state index contributed by atoms with van der Waals surface area (Å²) in [6.45, 7) is 0. The van der Waals surface area contributed by atoms with Crippen LogP contribution in [0.2, 0.25) is 5.02 Å². The zero-order valence-electron chi connectivity index (χ0n) is 15.4. The maximum absolute atomic E-state index is 13.4. The van der Waals surface area contributed by atoms with Crippen LogP contribution in [0.5, 0.6) is 5.75 Å². The highest BCUT2D eigenvalue weighted by molar-refractivity contribution is 7.95. The van der Waals surface area contributed by atoms with Crippen molar-refractivity contribution in [3.05, 3.63) is 100 Å². The van der Waals surface area contributed by atoms with Gasteiger partial charge >= 0.3 is 0 Å². The lowest BCUT2D eigenvalue weighted by molar-refractivity contribution is -0.117. The highest BCUT2D eigenvalue weighted by Gasteiger charge is 2.47. The zero-order chi connectivity index (χ0) is 21.5. The lowest BCUT2D eigenvalue weighted by Gasteiger charge is -2.27. The van der Waals surface area contributed by atoms with Crippen LogP contribution in [0.15, 0.2) is 94.4 Å². The topological polar surface area (TPSA) is 94.9 Å². The summed E-state index contributed by atoms with van der Waals surface area (Å²) in [6, 6.07) is 18.6. The fourth-order valence-electron chi connectivity index (χ4n) is 3.41. The first-order valence-corrected chi connectivity index (χ1v) is 10.8. The van der Waals surface area contributed by atoms with E-state index >= 15 is 0 Å². The van der Waals surface area contributed by atoms with Crippen molar-refractivity contribution < 1.29 is 23.4 Å². The number of phenols is 1. The lowest BCUT2D eigenvalue weighted by atomic mass is 10.1. The number of hydrogen-bond donors (Lipinski definition) is 2. The van der Waals surface area contributed by atoms with E-state index < -0.39 is 32.5 Å². The normalized spacial score (nSPS) is 16.9. The van der Waals surface area contributed by atoms with Crippen molar-refractivity contribution in [2.45, 2.75) is 10.9 Å². The predicted octanol–water partition coefficient (Wildman–Crippen LogP) is 4.38. The number of benzene rings is 3. The smallest absolute Gasteiger partial charge is 0.295 e. The summed E-state index contributed by atoms with van der Waals surface area (Å²) in [4.78, 5) is 13.7. The second-order valence-electron chi connectivity index (χ2n) is 6.67. The molecule has 0 unspecified atom stereocenters. The van der Waals surface area contributed by atoms with Gasteiger partial charge in [0.05, 0.1) is 4.90 Å². The minimum Gasteiger partial charge on any atom is -0.508 e. The second kappa shape index (κ2) is 7.51. The van der Waals surface area contributed by atoms with Crippen LogP contribution in [-0.4, -0.2) is 24.5 Å². The fourth-order valence-corrected chi connectivity index (χ4v) is 5.18. The van der Waals surface area contributed by atoms with E-state index in [-0.39, 0.29) is 10.6 Å². The third-order valence-electron chi connectivity index (χ3n) is 4.82. The second-order valence-corrected chi connectivity index (χ2v) is 9.03. The predicted molar refractivity (Wildman–Crippen MR) is 113 cm³/mol. The van der Waals surface area contributed by atoms with Crippen LogP contribution in [0.3, 0.4) is 0 Å². The molecule has 0 aliphatic carbocycles. The highest BCUT2D eigenvalue weighted by atomic mass is 35.5. The molecule has 0 bridgehead atoms. The molecule has 1 aliphatic rings. The first-order valence-electron chi connectivity index (χ1n) is 8.92. The summed E-state index contributed by atoms with van der Waals surface area (Å²) in [5.41, 5.74) is 0.780. The molecule has 1 atom stereocenters. The van der Waals surface area contributed by atoms with Crippen molar-refractivity contribution in [2.75, 3.05) is 4.90 Å². The largest absolute Gasteiger partial charge is 0.508 e. The minimum atomic E-state index is -4.20. The van der Waals surface area contributed by atoms with Gasteiger partial charge in [-0.05, 0) is 54.1 Å². The summed E-state index contributed by atoms with van der Waals surface area (Å²) < 4.78 is 26.8. The Bertz CT molecular complexity index is 1240. The standard InChI is InChI=1S/C22H16ClNO5S/c23-15-8-10-16(11-9-15)24-19(14-6-12-17(25)13-7-14)21(20(26)22(24)27)30(28,29)18-4-2-1-3-5-18/h1-13,19,25-26H/t19-/m0/s1. The summed E-state index contributed by atoms with van der Waals surface area (Å²) in [5.74, 6) is -1.70. The van der Waals surface area contributed by atoms with Crippen molar-refractivity contribution in [1.82, 2.24) is 0 Å². The molecule has 1 heterocycles. The number of nitrogens with zero attached hydrogens (tertiary/aromatic N) is 1. The number of aromatic hydroxyl groups is 1. The number of carbonyl (C=O) groups excluding carboxylic acids is 1. The monoisotopic (exact) mass is 441 g/mol. The van der Waals surface area contributed by atoms with Crippen LogP contribution >= 0.6 is 11.6 Å². The van der Waals surface area contributed by atoms with Crippen LogP contribution in [0.25, 0.3) is 0 Å². The van der Waals surface area contributed by atoms with Crippen LogP contribution in [0.1, 0.15) is 11.6 Å². The Labute approximate surface area is 178 Å². The molecule has 2 N–H and O–H groups in total. The van der Waals surface area contributed by atoms with Gasteiger partial charge in [0.2, 0.25) is 9.84 Å². The number of hydrogen-bond acceptors (Lipinski definition) is 5. The van der Waals surface area contributed by atoms with Gasteiger partial charge in [0.25, 0.3) is 5.91 Å². The van der Waals surface area contributed by atoms with Crippen LogP contribution in [0.4, 0.5) is 5.69 Å². The van der Waals surface area contributed by atoms with Gasteiger partial charge in [-0.2, -0.15) is 0 Å². The zero-order valence-corrected chi connectivity index (χ0v) is 17.0. The molecular weight excluding hydrogens is 426 g/mol. The average Bonchev–Trinajstić information content (AvgIpc) is 3.01. The molecular formula is C22H16ClNO5S. The Morgan fingerprint density at radius 1 is 0.833 bits per heavy atom. The maximum Gasteiger partial charge on any atom is 0.295 e. The van der Waals surface area contributed by atoms with Gasteiger partial charge in [-0.1, -0.05) is 41.9 Å². The minimum absolute atomic E-state index is 0.0122. The Morgan fingerprint density at radius 2 is 1.43 bits per heavy atom. The molecule has 0 aromatic heterocycles. The molecule has 8 heteroatoms. The maximum atomic E-state index is 13.4. The van der Waals surface area contributed by atoms with Gasteiger partial charge in [0, 0.05) is 10.7 Å². The number of sulfone groups is 1. The Balaban J connectivity index is 1.94. The van der Waals surface area contributed by atoms with E-state index in [1.54, 1.807) is 42.5 Å².